The van der Waals surface area contributed by atoms with Crippen molar-refractivity contribution in [3.8, 4) is 11.5 Å². The highest BCUT2D eigenvalue weighted by Crippen LogP contribution is 2.31. The molecule has 4 rings (SSSR count). The van der Waals surface area contributed by atoms with Crippen LogP contribution in [0.5, 0.6) is 11.5 Å². The number of carbonyl (C=O) groups excluding carboxylic acids is 2. The van der Waals surface area contributed by atoms with Gasteiger partial charge < -0.3 is 30.1 Å². The maximum absolute atomic E-state index is 13.7. The van der Waals surface area contributed by atoms with Crippen LogP contribution in [0, 0.1) is 5.92 Å². The van der Waals surface area contributed by atoms with Gasteiger partial charge in [0.1, 0.15) is 17.6 Å². The number of aliphatic hydroxyl groups is 1. The first-order chi connectivity index (χ1) is 20.4. The van der Waals surface area contributed by atoms with E-state index >= 15 is 0 Å². The number of sulfonamides is 1. The number of rotatable bonds is 9. The van der Waals surface area contributed by atoms with Crippen LogP contribution in [0.4, 0.5) is 16.2 Å². The molecule has 11 nitrogen and oxygen atoms in total. The fraction of sp³-hybridized carbons (Fsp3) is 0.333. The van der Waals surface area contributed by atoms with Gasteiger partial charge in [-0.1, -0.05) is 18.5 Å². The normalized spacial score (nSPS) is 17.7. The summed E-state index contributed by atoms with van der Waals surface area (Å²) in [5, 5.41) is 15.8. The first-order valence-corrected chi connectivity index (χ1v) is 15.4. The maximum Gasteiger partial charge on any atom is 0.323 e. The largest absolute Gasteiger partial charge is 0.497 e. The number of anilines is 2. The molecule has 3 atom stereocenters. The van der Waals surface area contributed by atoms with Gasteiger partial charge in [0.25, 0.3) is 5.91 Å². The van der Waals surface area contributed by atoms with E-state index in [0.29, 0.717) is 22.1 Å². The zero-order chi connectivity index (χ0) is 31.3. The van der Waals surface area contributed by atoms with Crippen molar-refractivity contribution in [3.05, 3.63) is 77.3 Å². The number of benzene rings is 3. The van der Waals surface area contributed by atoms with Gasteiger partial charge in [-0.2, -0.15) is 4.31 Å². The number of methoxy groups -OCH3 is 1. The Labute approximate surface area is 256 Å². The summed E-state index contributed by atoms with van der Waals surface area (Å²) in [6.07, 6.45) is -0.649. The lowest BCUT2D eigenvalue weighted by Gasteiger charge is -2.38. The van der Waals surface area contributed by atoms with Gasteiger partial charge in [-0.05, 0) is 73.7 Å². The highest BCUT2D eigenvalue weighted by molar-refractivity contribution is 7.89. The molecule has 1 aliphatic heterocycles. The van der Waals surface area contributed by atoms with E-state index in [0.717, 1.165) is 0 Å². The quantitative estimate of drug-likeness (QED) is 0.316. The minimum Gasteiger partial charge on any atom is -0.497 e. The smallest absolute Gasteiger partial charge is 0.323 e. The third kappa shape index (κ3) is 7.57. The van der Waals surface area contributed by atoms with Gasteiger partial charge in [0.2, 0.25) is 10.0 Å². The lowest BCUT2D eigenvalue weighted by Crippen LogP contribution is -2.50. The summed E-state index contributed by atoms with van der Waals surface area (Å²) in [6.45, 7) is 3.51. The van der Waals surface area contributed by atoms with Crippen molar-refractivity contribution < 1.29 is 32.6 Å². The zero-order valence-electron chi connectivity index (χ0n) is 24.3. The van der Waals surface area contributed by atoms with E-state index in [4.69, 9.17) is 21.1 Å². The van der Waals surface area contributed by atoms with Gasteiger partial charge in [0.05, 0.1) is 36.8 Å². The van der Waals surface area contributed by atoms with E-state index in [9.17, 15) is 23.1 Å². The monoisotopic (exact) mass is 630 g/mol. The molecule has 3 aromatic carbocycles. The van der Waals surface area contributed by atoms with Gasteiger partial charge in [0, 0.05) is 35.9 Å². The molecule has 0 fully saturated rings. The molecule has 1 aliphatic rings. The molecule has 3 amide bonds. The molecule has 0 aromatic heterocycles. The first-order valence-electron chi connectivity index (χ1n) is 13.6. The number of halogens is 1. The molecule has 0 bridgehead atoms. The lowest BCUT2D eigenvalue weighted by molar-refractivity contribution is 0.0387. The van der Waals surface area contributed by atoms with Gasteiger partial charge in [-0.3, -0.25) is 4.79 Å². The van der Waals surface area contributed by atoms with Crippen molar-refractivity contribution in [1.29, 1.82) is 0 Å². The number of nitrogens with zero attached hydrogens (tertiary/aromatic N) is 2. The van der Waals surface area contributed by atoms with E-state index in [1.807, 2.05) is 6.92 Å². The second-order valence-electron chi connectivity index (χ2n) is 10.4. The number of carbonyl (C=O) groups is 2. The molecule has 43 heavy (non-hydrogen) atoms. The first kappa shape index (κ1) is 32.1. The summed E-state index contributed by atoms with van der Waals surface area (Å²) in [5.41, 5.74) is 1.05. The van der Waals surface area contributed by atoms with Crippen molar-refractivity contribution in [3.63, 3.8) is 0 Å². The average molecular weight is 631 g/mol. The number of hydrogen-bond donors (Lipinski definition) is 3. The summed E-state index contributed by atoms with van der Waals surface area (Å²) in [6, 6.07) is 16.3. The predicted molar refractivity (Wildman–Crippen MR) is 165 cm³/mol. The number of likely N-dealkylation sites (N-methyl/N-ethyl adjacent to an activating group) is 1. The number of fused-ring (bicyclic) bond motifs is 1. The Kier molecular flexibility index (Phi) is 10.2. The summed E-state index contributed by atoms with van der Waals surface area (Å²) >= 11 is 5.94. The van der Waals surface area contributed by atoms with Crippen LogP contribution in [-0.2, 0) is 10.0 Å². The molecule has 0 spiro atoms. The standard InChI is InChI=1S/C30H35ClN4O7S/c1-19-16-35(20(2)18-36)29(37)26-15-23(33-30(38)32-22-7-10-24(41-4)11-8-22)9-14-27(26)42-28(19)17-34(3)43(39,40)25-12-5-21(31)6-13-25/h5-15,19-20,28,36H,16-18H2,1-4H3,(H2,32,33,38)/t19-,20-,28-/m0/s1. The molecule has 1 heterocycles. The minimum absolute atomic E-state index is 0.00856. The fourth-order valence-electron chi connectivity index (χ4n) is 4.62. The Morgan fingerprint density at radius 3 is 2.37 bits per heavy atom. The SMILES string of the molecule is COc1ccc(NC(=O)Nc2ccc3c(c2)C(=O)N([C@@H](C)CO)C[C@H](C)[C@H](CN(C)S(=O)(=O)c2ccc(Cl)cc2)O3)cc1. The van der Waals surface area contributed by atoms with E-state index in [1.54, 1.807) is 50.4 Å². The number of amides is 3. The highest BCUT2D eigenvalue weighted by Gasteiger charge is 2.35. The van der Waals surface area contributed by atoms with Crippen molar-refractivity contribution >= 4 is 44.9 Å². The topological polar surface area (TPSA) is 138 Å². The van der Waals surface area contributed by atoms with Crippen LogP contribution in [0.3, 0.4) is 0 Å². The summed E-state index contributed by atoms with van der Waals surface area (Å²) in [5.74, 6) is 0.189. The molecule has 3 aromatic rings. The number of ether oxygens (including phenoxy) is 2. The molecule has 0 saturated heterocycles. The molecule has 0 radical (unpaired) electrons. The fourth-order valence-corrected chi connectivity index (χ4v) is 5.93. The second-order valence-corrected chi connectivity index (χ2v) is 12.9. The van der Waals surface area contributed by atoms with Gasteiger partial charge in [-0.25, -0.2) is 13.2 Å². The van der Waals surface area contributed by atoms with Crippen LogP contribution in [0.1, 0.15) is 24.2 Å². The minimum atomic E-state index is -3.86. The number of hydrogen-bond acceptors (Lipinski definition) is 7. The van der Waals surface area contributed by atoms with Crippen molar-refractivity contribution in [2.45, 2.75) is 30.9 Å². The summed E-state index contributed by atoms with van der Waals surface area (Å²) in [4.78, 5) is 28.0. The molecule has 0 unspecified atom stereocenters. The van der Waals surface area contributed by atoms with Crippen LogP contribution in [0.25, 0.3) is 0 Å². The highest BCUT2D eigenvalue weighted by atomic mass is 35.5. The second kappa shape index (κ2) is 13.6. The average Bonchev–Trinajstić information content (AvgIpc) is 2.99. The van der Waals surface area contributed by atoms with Crippen LogP contribution >= 0.6 is 11.6 Å². The van der Waals surface area contributed by atoms with E-state index in [1.165, 1.54) is 46.6 Å². The molecule has 0 saturated carbocycles. The molecule has 13 heteroatoms. The maximum atomic E-state index is 13.7. The van der Waals surface area contributed by atoms with E-state index in [2.05, 4.69) is 10.6 Å². The molecule has 0 aliphatic carbocycles. The van der Waals surface area contributed by atoms with Crippen molar-refractivity contribution in [2.75, 3.05) is 44.5 Å². The molecular weight excluding hydrogens is 596 g/mol. The Hall–Kier alpha value is -3.84. The van der Waals surface area contributed by atoms with Crippen LogP contribution < -0.4 is 20.1 Å². The third-order valence-corrected chi connectivity index (χ3v) is 9.32. The van der Waals surface area contributed by atoms with Crippen LogP contribution in [0.2, 0.25) is 5.02 Å². The Morgan fingerprint density at radius 2 is 1.74 bits per heavy atom. The number of aliphatic hydroxyl groups excluding tert-OH is 1. The van der Waals surface area contributed by atoms with Crippen molar-refractivity contribution in [2.24, 2.45) is 5.92 Å². The molecule has 3 N–H and O–H groups in total. The third-order valence-electron chi connectivity index (χ3n) is 7.23. The van der Waals surface area contributed by atoms with E-state index < -0.39 is 28.2 Å². The lowest BCUT2D eigenvalue weighted by atomic mass is 9.99. The Bertz CT molecular complexity index is 1550. The van der Waals surface area contributed by atoms with Crippen molar-refractivity contribution in [1.82, 2.24) is 9.21 Å². The van der Waals surface area contributed by atoms with Gasteiger partial charge >= 0.3 is 6.03 Å². The van der Waals surface area contributed by atoms with Crippen LogP contribution in [0.15, 0.2) is 71.6 Å². The summed E-state index contributed by atoms with van der Waals surface area (Å²) < 4.78 is 39.2. The number of nitrogens with one attached hydrogen (secondary N) is 2. The van der Waals surface area contributed by atoms with E-state index in [-0.39, 0.29) is 47.7 Å². The summed E-state index contributed by atoms with van der Waals surface area (Å²) in [7, 11) is -0.845. The predicted octanol–water partition coefficient (Wildman–Crippen LogP) is 4.53. The van der Waals surface area contributed by atoms with Gasteiger partial charge in [-0.15, -0.1) is 0 Å². The molecule has 230 valence electrons. The Morgan fingerprint density at radius 1 is 1.12 bits per heavy atom. The van der Waals surface area contributed by atoms with Crippen LogP contribution in [-0.4, -0.2) is 80.7 Å². The Balaban J connectivity index is 1.59. The number of urea groups is 1. The van der Waals surface area contributed by atoms with Gasteiger partial charge in [0.15, 0.2) is 0 Å². The molecular formula is C30H35ClN4O7S. The zero-order valence-corrected chi connectivity index (χ0v) is 25.9.